The zero-order valence-corrected chi connectivity index (χ0v) is 25.0. The molecule has 2 aliphatic heterocycles. The van der Waals surface area contributed by atoms with E-state index in [-0.39, 0.29) is 37.1 Å². The van der Waals surface area contributed by atoms with Gasteiger partial charge in [-0.3, -0.25) is 9.59 Å². The SMILES string of the molecule is C[C@@H]1[C@H](c2ccccc2)OC(=O)N1C(=O)[C@@H](Cc1ccccc1)[C@H]1O[C@@](O)(CCCOCCOCCO)C(Br)=CC1=O. The van der Waals surface area contributed by atoms with Crippen LogP contribution in [0.4, 0.5) is 4.79 Å². The van der Waals surface area contributed by atoms with Crippen LogP contribution in [0.2, 0.25) is 0 Å². The van der Waals surface area contributed by atoms with Crippen molar-refractivity contribution >= 4 is 33.7 Å². The van der Waals surface area contributed by atoms with E-state index in [4.69, 9.17) is 24.1 Å². The maximum Gasteiger partial charge on any atom is 0.417 e. The van der Waals surface area contributed by atoms with Crippen LogP contribution in [-0.2, 0) is 35.0 Å². The second kappa shape index (κ2) is 15.0. The Balaban J connectivity index is 1.52. The molecule has 0 unspecified atom stereocenters. The summed E-state index contributed by atoms with van der Waals surface area (Å²) in [5.41, 5.74) is 1.52. The molecular formula is C31H36BrNO9. The van der Waals surface area contributed by atoms with Crippen LogP contribution in [0.5, 0.6) is 0 Å². The number of carbonyl (C=O) groups is 3. The molecule has 2 aromatic carbocycles. The zero-order valence-electron chi connectivity index (χ0n) is 23.4. The summed E-state index contributed by atoms with van der Waals surface area (Å²) in [6.45, 7) is 2.83. The molecule has 2 aromatic rings. The van der Waals surface area contributed by atoms with Crippen molar-refractivity contribution in [1.82, 2.24) is 4.90 Å². The van der Waals surface area contributed by atoms with E-state index in [9.17, 15) is 19.5 Å². The summed E-state index contributed by atoms with van der Waals surface area (Å²) in [7, 11) is 0. The molecule has 1 fully saturated rings. The summed E-state index contributed by atoms with van der Waals surface area (Å²) >= 11 is 3.27. The third-order valence-electron chi connectivity index (χ3n) is 7.27. The number of nitrogens with zero attached hydrogens (tertiary/aromatic N) is 1. The smallest absolute Gasteiger partial charge is 0.417 e. The van der Waals surface area contributed by atoms with E-state index in [1.807, 2.05) is 60.7 Å². The first kappa shape index (κ1) is 32.0. The average molecular weight is 647 g/mol. The number of carbonyl (C=O) groups excluding carboxylic acids is 3. The van der Waals surface area contributed by atoms with Gasteiger partial charge < -0.3 is 29.2 Å². The summed E-state index contributed by atoms with van der Waals surface area (Å²) in [6.07, 6.45) is -1.02. The number of amides is 2. The van der Waals surface area contributed by atoms with Crippen LogP contribution in [-0.4, -0.2) is 83.9 Å². The summed E-state index contributed by atoms with van der Waals surface area (Å²) in [5, 5.41) is 20.2. The van der Waals surface area contributed by atoms with Crippen molar-refractivity contribution < 1.29 is 43.5 Å². The van der Waals surface area contributed by atoms with Crippen LogP contribution in [0.25, 0.3) is 0 Å². The molecule has 11 heteroatoms. The number of aliphatic hydroxyl groups excluding tert-OH is 1. The van der Waals surface area contributed by atoms with Crippen molar-refractivity contribution in [3.8, 4) is 0 Å². The highest BCUT2D eigenvalue weighted by Gasteiger charge is 2.51. The van der Waals surface area contributed by atoms with E-state index in [2.05, 4.69) is 15.9 Å². The average Bonchev–Trinajstić information content (AvgIpc) is 3.29. The fourth-order valence-corrected chi connectivity index (χ4v) is 5.64. The number of aliphatic hydroxyl groups is 2. The third-order valence-corrected chi connectivity index (χ3v) is 8.12. The van der Waals surface area contributed by atoms with Gasteiger partial charge in [-0.1, -0.05) is 60.7 Å². The van der Waals surface area contributed by atoms with Gasteiger partial charge >= 0.3 is 6.09 Å². The van der Waals surface area contributed by atoms with Crippen LogP contribution >= 0.6 is 15.9 Å². The number of hydrogen-bond donors (Lipinski definition) is 2. The van der Waals surface area contributed by atoms with E-state index in [0.717, 1.165) is 16.0 Å². The molecule has 5 atom stereocenters. The van der Waals surface area contributed by atoms with Crippen molar-refractivity contribution in [2.45, 2.75) is 50.2 Å². The van der Waals surface area contributed by atoms with Crippen molar-refractivity contribution in [1.29, 1.82) is 0 Å². The van der Waals surface area contributed by atoms with Gasteiger partial charge in [0.25, 0.3) is 0 Å². The predicted molar refractivity (Wildman–Crippen MR) is 155 cm³/mol. The highest BCUT2D eigenvalue weighted by molar-refractivity contribution is 9.11. The Labute approximate surface area is 253 Å². The molecule has 2 amide bonds. The lowest BCUT2D eigenvalue weighted by Gasteiger charge is -2.38. The van der Waals surface area contributed by atoms with Gasteiger partial charge in [-0.25, -0.2) is 9.69 Å². The fraction of sp³-hybridized carbons (Fsp3) is 0.452. The molecular weight excluding hydrogens is 610 g/mol. The Morgan fingerprint density at radius 1 is 1.02 bits per heavy atom. The van der Waals surface area contributed by atoms with E-state index in [0.29, 0.717) is 19.6 Å². The Hall–Kier alpha value is -2.93. The minimum absolute atomic E-state index is 0.0656. The maximum atomic E-state index is 14.1. The van der Waals surface area contributed by atoms with Crippen LogP contribution in [0.3, 0.4) is 0 Å². The van der Waals surface area contributed by atoms with E-state index in [1.54, 1.807) is 6.92 Å². The lowest BCUT2D eigenvalue weighted by molar-refractivity contribution is -0.218. The van der Waals surface area contributed by atoms with Crippen LogP contribution < -0.4 is 0 Å². The molecule has 42 heavy (non-hydrogen) atoms. The number of halogens is 1. The van der Waals surface area contributed by atoms with Crippen molar-refractivity contribution in [3.05, 3.63) is 82.3 Å². The second-order valence-electron chi connectivity index (χ2n) is 10.2. The molecule has 0 saturated carbocycles. The Bertz CT molecular complexity index is 1240. The van der Waals surface area contributed by atoms with Crippen molar-refractivity contribution in [2.75, 3.05) is 33.0 Å². The summed E-state index contributed by atoms with van der Waals surface area (Å²) in [5.74, 6) is -4.12. The predicted octanol–water partition coefficient (Wildman–Crippen LogP) is 3.69. The second-order valence-corrected chi connectivity index (χ2v) is 11.1. The van der Waals surface area contributed by atoms with Gasteiger partial charge in [0, 0.05) is 13.0 Å². The van der Waals surface area contributed by atoms with Crippen molar-refractivity contribution in [3.63, 3.8) is 0 Å². The van der Waals surface area contributed by atoms with Gasteiger partial charge in [-0.05, 0) is 52.9 Å². The van der Waals surface area contributed by atoms with Gasteiger partial charge in [0.1, 0.15) is 12.2 Å². The molecule has 0 aromatic heterocycles. The summed E-state index contributed by atoms with van der Waals surface area (Å²) in [6, 6.07) is 17.6. The van der Waals surface area contributed by atoms with Gasteiger partial charge in [0.15, 0.2) is 11.6 Å². The number of rotatable bonds is 14. The molecule has 0 radical (unpaired) electrons. The normalized spacial score (nSPS) is 24.8. The maximum absolute atomic E-state index is 14.1. The molecule has 0 spiro atoms. The molecule has 0 aliphatic carbocycles. The third kappa shape index (κ3) is 7.71. The Morgan fingerprint density at radius 2 is 1.67 bits per heavy atom. The number of ketones is 1. The van der Waals surface area contributed by atoms with E-state index >= 15 is 0 Å². The monoisotopic (exact) mass is 645 g/mol. The lowest BCUT2D eigenvalue weighted by atomic mass is 9.87. The quantitative estimate of drug-likeness (QED) is 0.295. The standard InChI is InChI=1S/C31H36BrNO9/c1-21-27(23-11-6-3-7-12-23)41-30(37)33(21)29(36)24(19-22-9-4-2-5-10-22)28-25(35)20-26(32)31(38,42-28)13-8-15-39-17-18-40-16-14-34/h2-7,9-12,20-21,24,27-28,34,38H,8,13-19H2,1H3/t21-,24+,27-,28-,31+/m1/s1. The Kier molecular flexibility index (Phi) is 11.4. The van der Waals surface area contributed by atoms with E-state index < -0.39 is 47.7 Å². The molecule has 10 nitrogen and oxygen atoms in total. The van der Waals surface area contributed by atoms with E-state index in [1.165, 1.54) is 6.08 Å². The first-order chi connectivity index (χ1) is 20.2. The number of benzene rings is 2. The number of ether oxygens (including phenoxy) is 4. The van der Waals surface area contributed by atoms with Gasteiger partial charge in [-0.15, -0.1) is 0 Å². The van der Waals surface area contributed by atoms with Crippen LogP contribution in [0.1, 0.15) is 37.0 Å². The molecule has 2 heterocycles. The molecule has 2 N–H and O–H groups in total. The van der Waals surface area contributed by atoms with Crippen LogP contribution in [0.15, 0.2) is 71.2 Å². The number of hydrogen-bond acceptors (Lipinski definition) is 9. The fourth-order valence-electron chi connectivity index (χ4n) is 5.12. The molecule has 4 rings (SSSR count). The summed E-state index contributed by atoms with van der Waals surface area (Å²) < 4.78 is 22.5. The topological polar surface area (TPSA) is 132 Å². The lowest BCUT2D eigenvalue weighted by Crippen LogP contribution is -2.53. The molecule has 1 saturated heterocycles. The van der Waals surface area contributed by atoms with Gasteiger partial charge in [-0.2, -0.15) is 0 Å². The zero-order chi connectivity index (χ0) is 30.1. The minimum Gasteiger partial charge on any atom is -0.439 e. The number of cyclic esters (lactones) is 1. The largest absolute Gasteiger partial charge is 0.439 e. The minimum atomic E-state index is -1.88. The van der Waals surface area contributed by atoms with Gasteiger partial charge in [0.2, 0.25) is 5.91 Å². The summed E-state index contributed by atoms with van der Waals surface area (Å²) in [4.78, 5) is 41.5. The highest BCUT2D eigenvalue weighted by atomic mass is 79.9. The Morgan fingerprint density at radius 3 is 2.33 bits per heavy atom. The molecule has 2 aliphatic rings. The highest BCUT2D eigenvalue weighted by Crippen LogP contribution is 2.39. The molecule has 0 bridgehead atoms. The first-order valence-corrected chi connectivity index (χ1v) is 14.7. The van der Waals surface area contributed by atoms with Gasteiger partial charge in [0.05, 0.1) is 42.9 Å². The van der Waals surface area contributed by atoms with Crippen molar-refractivity contribution in [2.24, 2.45) is 5.92 Å². The van der Waals surface area contributed by atoms with Crippen LogP contribution in [0, 0.1) is 5.92 Å². The molecule has 226 valence electrons. The number of imide groups is 1. The first-order valence-electron chi connectivity index (χ1n) is 14.0.